The minimum Gasteiger partial charge on any atom is -0.439 e. The van der Waals surface area contributed by atoms with Crippen LogP contribution in [0.1, 0.15) is 16.2 Å². The Bertz CT molecular complexity index is 1210. The quantitative estimate of drug-likeness (QED) is 0.406. The number of benzene rings is 2. The van der Waals surface area contributed by atoms with Gasteiger partial charge in [-0.1, -0.05) is 18.2 Å². The highest BCUT2D eigenvalue weighted by Gasteiger charge is 2.13. The Morgan fingerprint density at radius 1 is 1.07 bits per heavy atom. The molecule has 0 aliphatic heterocycles. The standard InChI is InChI=1S/C22H19N5O3/c1-14-24-19-9-4-3-8-18(19)21(25-14)27(2)16-6-5-7-17(12-16)30-20-11-10-15(13-23-20)22(28)26-29/h3-13,29H,1-2H3,(H,26,28)/p+1. The number of hydrogen-bond donors (Lipinski definition) is 1. The molecule has 2 aromatic carbocycles. The van der Waals surface area contributed by atoms with Gasteiger partial charge in [-0.3, -0.25) is 4.79 Å². The number of amides is 1. The number of nitrogens with zero attached hydrogens (tertiary/aromatic N) is 4. The number of aryl methyl sites for hydroxylation is 1. The fourth-order valence-corrected chi connectivity index (χ4v) is 3.07. The Hall–Kier alpha value is -4.04. The lowest BCUT2D eigenvalue weighted by atomic mass is 10.2. The summed E-state index contributed by atoms with van der Waals surface area (Å²) in [4.78, 5) is 26.7. The first-order valence-electron chi connectivity index (χ1n) is 9.23. The number of aromatic nitrogens is 3. The van der Waals surface area contributed by atoms with Crippen molar-refractivity contribution in [2.45, 2.75) is 6.92 Å². The molecule has 1 amide bonds. The molecule has 0 atom stereocenters. The molecule has 4 rings (SSSR count). The van der Waals surface area contributed by atoms with Gasteiger partial charge in [-0.25, -0.2) is 15.0 Å². The molecule has 3 N–H and O–H groups in total. The van der Waals surface area contributed by atoms with E-state index in [1.54, 1.807) is 12.1 Å². The summed E-state index contributed by atoms with van der Waals surface area (Å²) in [6.45, 7) is 1.87. The van der Waals surface area contributed by atoms with Crippen molar-refractivity contribution in [3.8, 4) is 11.6 Å². The highest BCUT2D eigenvalue weighted by atomic mass is 16.5. The monoisotopic (exact) mass is 402 g/mol. The van der Waals surface area contributed by atoms with Crippen LogP contribution in [0.4, 0.5) is 11.5 Å². The van der Waals surface area contributed by atoms with Crippen LogP contribution in [-0.2, 0) is 0 Å². The maximum Gasteiger partial charge on any atom is 0.315 e. The van der Waals surface area contributed by atoms with Gasteiger partial charge in [-0.15, -0.1) is 5.48 Å². The number of rotatable bonds is 5. The molecule has 4 aromatic rings. The van der Waals surface area contributed by atoms with E-state index in [-0.39, 0.29) is 5.56 Å². The first-order valence-corrected chi connectivity index (χ1v) is 9.23. The third kappa shape index (κ3) is 3.89. The molecule has 2 aromatic heterocycles. The molecule has 0 unspecified atom stereocenters. The van der Waals surface area contributed by atoms with Crippen LogP contribution in [0.3, 0.4) is 0 Å². The van der Waals surface area contributed by atoms with E-state index < -0.39 is 5.91 Å². The number of anilines is 2. The molecule has 0 radical (unpaired) electrons. The van der Waals surface area contributed by atoms with Crippen molar-refractivity contribution in [3.63, 3.8) is 0 Å². The molecule has 0 spiro atoms. The number of nitrogens with one attached hydrogen (secondary N) is 1. The molecular weight excluding hydrogens is 382 g/mol. The predicted octanol–water partition coefficient (Wildman–Crippen LogP) is 3.26. The van der Waals surface area contributed by atoms with Crippen LogP contribution in [0.15, 0.2) is 66.9 Å². The minimum atomic E-state index is -0.523. The van der Waals surface area contributed by atoms with Crippen LogP contribution in [0.5, 0.6) is 11.6 Å². The highest BCUT2D eigenvalue weighted by molar-refractivity contribution is 5.93. The first kappa shape index (κ1) is 19.3. The van der Waals surface area contributed by atoms with Gasteiger partial charge >= 0.3 is 5.91 Å². The normalized spacial score (nSPS) is 10.6. The molecule has 0 fully saturated rings. The van der Waals surface area contributed by atoms with Gasteiger partial charge in [0.05, 0.1) is 11.1 Å². The molecule has 0 aliphatic carbocycles. The number of fused-ring (bicyclic) bond motifs is 1. The molecule has 0 saturated carbocycles. The summed E-state index contributed by atoms with van der Waals surface area (Å²) >= 11 is 0. The molecule has 30 heavy (non-hydrogen) atoms. The maximum atomic E-state index is 11.5. The Balaban J connectivity index is 1.62. The second-order valence-corrected chi connectivity index (χ2v) is 6.61. The summed E-state index contributed by atoms with van der Waals surface area (Å²) in [5, 5.41) is 7.87. The molecule has 8 heteroatoms. The van der Waals surface area contributed by atoms with Crippen molar-refractivity contribution in [2.24, 2.45) is 0 Å². The van der Waals surface area contributed by atoms with E-state index in [9.17, 15) is 4.79 Å². The third-order valence-corrected chi connectivity index (χ3v) is 4.55. The SMILES string of the molecule is Cc1nc(N(C)c2cccc(Oc3ccc(C(=O)N[OH2+])cn3)c2)c2ccccc2n1. The van der Waals surface area contributed by atoms with E-state index in [2.05, 4.69) is 15.0 Å². The lowest BCUT2D eigenvalue weighted by Gasteiger charge is -2.21. The van der Waals surface area contributed by atoms with Gasteiger partial charge in [0.15, 0.2) is 0 Å². The summed E-state index contributed by atoms with van der Waals surface area (Å²) in [6.07, 6.45) is 1.37. The first-order chi connectivity index (χ1) is 14.5. The van der Waals surface area contributed by atoms with Gasteiger partial charge in [0.1, 0.15) is 17.4 Å². The summed E-state index contributed by atoms with van der Waals surface area (Å²) in [5.74, 6) is 1.92. The second kappa shape index (κ2) is 8.14. The number of carbonyl (C=O) groups is 1. The summed E-state index contributed by atoms with van der Waals surface area (Å²) in [6, 6.07) is 18.6. The smallest absolute Gasteiger partial charge is 0.315 e. The molecule has 0 bridgehead atoms. The van der Waals surface area contributed by atoms with Crippen molar-refractivity contribution in [1.29, 1.82) is 0 Å². The number of ether oxygens (including phenoxy) is 1. The van der Waals surface area contributed by atoms with E-state index >= 15 is 0 Å². The van der Waals surface area contributed by atoms with Gasteiger partial charge in [0.25, 0.3) is 0 Å². The van der Waals surface area contributed by atoms with Crippen LogP contribution < -0.4 is 15.1 Å². The van der Waals surface area contributed by atoms with Crippen molar-refractivity contribution in [3.05, 3.63) is 78.2 Å². The Morgan fingerprint density at radius 2 is 1.90 bits per heavy atom. The average Bonchev–Trinajstić information content (AvgIpc) is 2.78. The van der Waals surface area contributed by atoms with Crippen molar-refractivity contribution in [2.75, 3.05) is 11.9 Å². The fraction of sp³-hybridized carbons (Fsp3) is 0.0909. The number of hydrogen-bond acceptors (Lipinski definition) is 6. The second-order valence-electron chi connectivity index (χ2n) is 6.61. The van der Waals surface area contributed by atoms with Gasteiger partial charge in [-0.2, -0.15) is 0 Å². The number of pyridine rings is 1. The molecular formula is C22H20N5O3+. The third-order valence-electron chi connectivity index (χ3n) is 4.55. The average molecular weight is 402 g/mol. The minimum absolute atomic E-state index is 0.289. The molecule has 0 aliphatic rings. The summed E-state index contributed by atoms with van der Waals surface area (Å²) < 4.78 is 5.84. The zero-order valence-corrected chi connectivity index (χ0v) is 16.5. The summed E-state index contributed by atoms with van der Waals surface area (Å²) in [7, 11) is 1.94. The number of hydroxylamine groups is 1. The highest BCUT2D eigenvalue weighted by Crippen LogP contribution is 2.31. The maximum absolute atomic E-state index is 11.5. The van der Waals surface area contributed by atoms with Crippen LogP contribution in [0.2, 0.25) is 0 Å². The van der Waals surface area contributed by atoms with Gasteiger partial charge in [0.2, 0.25) is 5.88 Å². The Morgan fingerprint density at radius 3 is 2.67 bits per heavy atom. The number of para-hydroxylation sites is 1. The van der Waals surface area contributed by atoms with Crippen molar-refractivity contribution >= 4 is 28.3 Å². The fourth-order valence-electron chi connectivity index (χ4n) is 3.07. The predicted molar refractivity (Wildman–Crippen MR) is 114 cm³/mol. The van der Waals surface area contributed by atoms with Crippen LogP contribution >= 0.6 is 0 Å². The zero-order valence-electron chi connectivity index (χ0n) is 16.5. The van der Waals surface area contributed by atoms with Crippen molar-refractivity contribution in [1.82, 2.24) is 20.4 Å². The topological polar surface area (TPSA) is 103 Å². The Labute approximate surface area is 172 Å². The summed E-state index contributed by atoms with van der Waals surface area (Å²) in [5.41, 5.74) is 3.88. The van der Waals surface area contributed by atoms with E-state index in [0.717, 1.165) is 22.4 Å². The van der Waals surface area contributed by atoms with Gasteiger partial charge in [-0.05, 0) is 37.3 Å². The lowest BCUT2D eigenvalue weighted by Crippen LogP contribution is -2.18. The lowest BCUT2D eigenvalue weighted by molar-refractivity contribution is 0.0706. The molecule has 0 saturated heterocycles. The van der Waals surface area contributed by atoms with Crippen LogP contribution in [-0.4, -0.2) is 33.1 Å². The number of carbonyl (C=O) groups excluding carboxylic acids is 1. The molecule has 8 nitrogen and oxygen atoms in total. The van der Waals surface area contributed by atoms with Gasteiger partial charge in [0, 0.05) is 36.5 Å². The van der Waals surface area contributed by atoms with Crippen molar-refractivity contribution < 1.29 is 14.7 Å². The van der Waals surface area contributed by atoms with Crippen LogP contribution in [0.25, 0.3) is 10.9 Å². The molecule has 150 valence electrons. The largest absolute Gasteiger partial charge is 0.439 e. The zero-order chi connectivity index (χ0) is 21.1. The molecule has 2 heterocycles. The van der Waals surface area contributed by atoms with E-state index in [4.69, 9.17) is 9.94 Å². The Kier molecular flexibility index (Phi) is 5.23. The van der Waals surface area contributed by atoms with E-state index in [1.807, 2.05) is 72.9 Å². The van der Waals surface area contributed by atoms with Gasteiger partial charge < -0.3 is 14.8 Å². The van der Waals surface area contributed by atoms with E-state index in [1.165, 1.54) is 6.20 Å². The van der Waals surface area contributed by atoms with E-state index in [0.29, 0.717) is 17.5 Å². The van der Waals surface area contributed by atoms with Crippen LogP contribution in [0, 0.1) is 6.92 Å².